The van der Waals surface area contributed by atoms with Crippen molar-refractivity contribution >= 4 is 5.97 Å². The van der Waals surface area contributed by atoms with Crippen molar-refractivity contribution in [2.24, 2.45) is 17.8 Å². The Labute approximate surface area is 158 Å². The third kappa shape index (κ3) is 4.94. The summed E-state index contributed by atoms with van der Waals surface area (Å²) in [5, 5.41) is 0. The quantitative estimate of drug-likeness (QED) is 0.444. The molecule has 3 rings (SSSR count). The van der Waals surface area contributed by atoms with E-state index in [1.807, 2.05) is 6.92 Å². The Bertz CT molecular complexity index is 683. The highest BCUT2D eigenvalue weighted by Crippen LogP contribution is 2.40. The van der Waals surface area contributed by atoms with Crippen LogP contribution in [0.5, 0.6) is 5.75 Å². The van der Waals surface area contributed by atoms with Gasteiger partial charge < -0.3 is 4.74 Å². The lowest BCUT2D eigenvalue weighted by molar-refractivity contribution is -0.140. The van der Waals surface area contributed by atoms with Crippen LogP contribution in [0.4, 0.5) is 13.2 Å². The number of ether oxygens (including phenoxy) is 1. The number of benzene rings is 1. The molecule has 1 aromatic carbocycles. The van der Waals surface area contributed by atoms with Crippen molar-refractivity contribution in [1.29, 1.82) is 0 Å². The second-order valence-electron chi connectivity index (χ2n) is 7.86. The molecule has 2 nitrogen and oxygen atoms in total. The van der Waals surface area contributed by atoms with E-state index in [9.17, 15) is 18.0 Å². The number of hydrogen-bond donors (Lipinski definition) is 0. The molecule has 1 fully saturated rings. The van der Waals surface area contributed by atoms with Crippen LogP contribution in [0.1, 0.15) is 63.9 Å². The van der Waals surface area contributed by atoms with Gasteiger partial charge in [-0.2, -0.15) is 0 Å². The highest BCUT2D eigenvalue weighted by molar-refractivity contribution is 5.75. The molecule has 0 amide bonds. The van der Waals surface area contributed by atoms with Crippen molar-refractivity contribution in [3.8, 4) is 5.75 Å². The van der Waals surface area contributed by atoms with E-state index < -0.39 is 23.4 Å². The maximum absolute atomic E-state index is 14.1. The Morgan fingerprint density at radius 2 is 1.70 bits per heavy atom. The van der Waals surface area contributed by atoms with Gasteiger partial charge in [0.25, 0.3) is 0 Å². The summed E-state index contributed by atoms with van der Waals surface area (Å²) in [6.45, 7) is 1.93. The number of rotatable bonds is 5. The van der Waals surface area contributed by atoms with Crippen molar-refractivity contribution in [3.05, 3.63) is 41.2 Å². The van der Waals surface area contributed by atoms with Gasteiger partial charge in [-0.05, 0) is 80.9 Å². The topological polar surface area (TPSA) is 26.3 Å². The second-order valence-corrected chi connectivity index (χ2v) is 7.86. The molecule has 27 heavy (non-hydrogen) atoms. The number of esters is 1. The minimum atomic E-state index is -0.823. The molecule has 2 aliphatic rings. The number of carbonyl (C=O) groups excluding carboxylic acids is 1. The first-order valence-corrected chi connectivity index (χ1v) is 10.0. The number of halogens is 3. The van der Waals surface area contributed by atoms with Crippen LogP contribution in [-0.2, 0) is 11.2 Å². The first-order chi connectivity index (χ1) is 13.0. The fourth-order valence-corrected chi connectivity index (χ4v) is 4.40. The molecule has 148 valence electrons. The lowest BCUT2D eigenvalue weighted by Crippen LogP contribution is -2.29. The minimum Gasteiger partial charge on any atom is -0.420 e. The van der Waals surface area contributed by atoms with Gasteiger partial charge in [-0.1, -0.05) is 19.4 Å². The Balaban J connectivity index is 1.55. The van der Waals surface area contributed by atoms with Gasteiger partial charge >= 0.3 is 5.97 Å². The van der Waals surface area contributed by atoms with Crippen molar-refractivity contribution in [1.82, 2.24) is 0 Å². The van der Waals surface area contributed by atoms with Crippen LogP contribution in [0.15, 0.2) is 24.0 Å². The van der Waals surface area contributed by atoms with E-state index in [-0.39, 0.29) is 11.7 Å². The number of carbonyl (C=O) groups is 1. The van der Waals surface area contributed by atoms with Crippen LogP contribution in [0.25, 0.3) is 0 Å². The molecular weight excluding hydrogens is 353 g/mol. The zero-order valence-electron chi connectivity index (χ0n) is 15.8. The van der Waals surface area contributed by atoms with Gasteiger partial charge in [0.05, 0.1) is 11.7 Å². The van der Waals surface area contributed by atoms with Crippen LogP contribution < -0.4 is 4.74 Å². The Hall–Kier alpha value is -1.78. The van der Waals surface area contributed by atoms with E-state index in [0.29, 0.717) is 43.1 Å². The van der Waals surface area contributed by atoms with Gasteiger partial charge in [0.1, 0.15) is 0 Å². The van der Waals surface area contributed by atoms with E-state index in [1.54, 1.807) is 6.08 Å². The summed E-state index contributed by atoms with van der Waals surface area (Å²) < 4.78 is 46.6. The molecule has 1 atom stereocenters. The van der Waals surface area contributed by atoms with Gasteiger partial charge in [0.2, 0.25) is 5.75 Å². The number of allylic oxidation sites excluding steroid dienone is 2. The molecule has 1 saturated carbocycles. The Morgan fingerprint density at radius 1 is 1.04 bits per heavy atom. The summed E-state index contributed by atoms with van der Waals surface area (Å²) in [5.41, 5.74) is 0.561. The molecule has 0 N–H and O–H groups in total. The Kier molecular flexibility index (Phi) is 6.61. The molecule has 0 heterocycles. The summed E-state index contributed by atoms with van der Waals surface area (Å²) in [6.07, 6.45) is 8.25. The first-order valence-electron chi connectivity index (χ1n) is 10.0. The maximum atomic E-state index is 14.1. The van der Waals surface area contributed by atoms with Crippen LogP contribution in [0.3, 0.4) is 0 Å². The third-order valence-corrected chi connectivity index (χ3v) is 5.97. The van der Waals surface area contributed by atoms with Gasteiger partial charge in [0, 0.05) is 0 Å². The summed E-state index contributed by atoms with van der Waals surface area (Å²) in [5.74, 6) is -2.17. The SMILES string of the molecule is CCCc1cc(F)c(OC(=O)C2CCC(C3CC=C(F)CC3)CC2)c(F)c1. The van der Waals surface area contributed by atoms with E-state index in [1.165, 1.54) is 12.1 Å². The molecule has 0 aromatic heterocycles. The maximum Gasteiger partial charge on any atom is 0.314 e. The summed E-state index contributed by atoms with van der Waals surface area (Å²) in [7, 11) is 0. The van der Waals surface area contributed by atoms with Crippen LogP contribution in [0.2, 0.25) is 0 Å². The second kappa shape index (κ2) is 8.94. The highest BCUT2D eigenvalue weighted by Gasteiger charge is 2.33. The van der Waals surface area contributed by atoms with E-state index in [4.69, 9.17) is 4.74 Å². The fourth-order valence-electron chi connectivity index (χ4n) is 4.40. The minimum absolute atomic E-state index is 0.0162. The summed E-state index contributed by atoms with van der Waals surface area (Å²) >= 11 is 0. The Morgan fingerprint density at radius 3 is 2.26 bits per heavy atom. The fraction of sp³-hybridized carbons (Fsp3) is 0.591. The van der Waals surface area contributed by atoms with Crippen LogP contribution >= 0.6 is 0 Å². The van der Waals surface area contributed by atoms with Crippen molar-refractivity contribution in [2.45, 2.75) is 64.7 Å². The van der Waals surface area contributed by atoms with Gasteiger partial charge in [-0.3, -0.25) is 4.79 Å². The average molecular weight is 380 g/mol. The van der Waals surface area contributed by atoms with Crippen molar-refractivity contribution < 1.29 is 22.7 Å². The standard InChI is InChI=1S/C22H27F3O2/c1-2-3-14-12-19(24)21(20(25)13-14)27-22(26)17-6-4-15(5-7-17)16-8-10-18(23)11-9-16/h10,12-13,15-17H,2-9,11H2,1H3. The molecule has 0 radical (unpaired) electrons. The molecule has 2 aliphatic carbocycles. The molecule has 0 aliphatic heterocycles. The van der Waals surface area contributed by atoms with Crippen molar-refractivity contribution in [2.75, 3.05) is 0 Å². The van der Waals surface area contributed by atoms with Crippen LogP contribution in [0, 0.1) is 29.4 Å². The van der Waals surface area contributed by atoms with E-state index >= 15 is 0 Å². The zero-order chi connectivity index (χ0) is 19.4. The molecule has 1 aromatic rings. The molecule has 0 spiro atoms. The molecule has 0 bridgehead atoms. The summed E-state index contributed by atoms with van der Waals surface area (Å²) in [6, 6.07) is 2.48. The number of hydrogen-bond acceptors (Lipinski definition) is 2. The normalized spacial score (nSPS) is 25.8. The molecule has 5 heteroatoms. The predicted octanol–water partition coefficient (Wildman–Crippen LogP) is 6.28. The monoisotopic (exact) mass is 380 g/mol. The zero-order valence-corrected chi connectivity index (χ0v) is 15.8. The molecular formula is C22H27F3O2. The largest absolute Gasteiger partial charge is 0.420 e. The third-order valence-electron chi connectivity index (χ3n) is 5.97. The van der Waals surface area contributed by atoms with Gasteiger partial charge in [0.15, 0.2) is 11.6 Å². The van der Waals surface area contributed by atoms with E-state index in [0.717, 1.165) is 32.1 Å². The van der Waals surface area contributed by atoms with Crippen molar-refractivity contribution in [3.63, 3.8) is 0 Å². The average Bonchev–Trinajstić information content (AvgIpc) is 2.65. The van der Waals surface area contributed by atoms with Gasteiger partial charge in [-0.25, -0.2) is 13.2 Å². The smallest absolute Gasteiger partial charge is 0.314 e. The first kappa shape index (κ1) is 20.0. The predicted molar refractivity (Wildman–Crippen MR) is 98.0 cm³/mol. The highest BCUT2D eigenvalue weighted by atomic mass is 19.1. The van der Waals surface area contributed by atoms with Gasteiger partial charge in [-0.15, -0.1) is 0 Å². The lowest BCUT2D eigenvalue weighted by Gasteiger charge is -2.34. The molecule has 0 saturated heterocycles. The van der Waals surface area contributed by atoms with Crippen LogP contribution in [-0.4, -0.2) is 5.97 Å². The molecule has 1 unspecified atom stereocenters. The number of aryl methyl sites for hydroxylation is 1. The summed E-state index contributed by atoms with van der Waals surface area (Å²) in [4.78, 5) is 12.4. The van der Waals surface area contributed by atoms with E-state index in [2.05, 4.69) is 0 Å². The lowest BCUT2D eigenvalue weighted by atomic mass is 9.72.